The van der Waals surface area contributed by atoms with E-state index in [0.29, 0.717) is 29.3 Å². The van der Waals surface area contributed by atoms with Crippen LogP contribution in [-0.4, -0.2) is 51.8 Å². The van der Waals surface area contributed by atoms with E-state index in [-0.39, 0.29) is 5.56 Å². The zero-order valence-electron chi connectivity index (χ0n) is 21.6. The summed E-state index contributed by atoms with van der Waals surface area (Å²) in [5.41, 5.74) is 6.05. The molecule has 4 heterocycles. The average molecular weight is 508 g/mol. The highest BCUT2D eigenvalue weighted by molar-refractivity contribution is 6.00. The van der Waals surface area contributed by atoms with E-state index < -0.39 is 5.82 Å². The van der Waals surface area contributed by atoms with Crippen molar-refractivity contribution in [2.45, 2.75) is 44.3 Å². The lowest BCUT2D eigenvalue weighted by Crippen LogP contribution is -2.40. The molecule has 2 unspecified atom stereocenters. The van der Waals surface area contributed by atoms with Crippen molar-refractivity contribution in [3.8, 4) is 28.5 Å². The molecule has 2 atom stereocenters. The lowest BCUT2D eigenvalue weighted by molar-refractivity contribution is 0.125. The number of piperidine rings is 1. The minimum Gasteiger partial charge on any atom is -0.388 e. The quantitative estimate of drug-likeness (QED) is 0.327. The van der Waals surface area contributed by atoms with Crippen LogP contribution in [-0.2, 0) is 6.54 Å². The highest BCUT2D eigenvalue weighted by Gasteiger charge is 2.38. The zero-order chi connectivity index (χ0) is 26.4. The minimum atomic E-state index is -0.570. The van der Waals surface area contributed by atoms with Crippen LogP contribution in [0.4, 0.5) is 10.1 Å². The molecule has 2 fully saturated rings. The number of benzene rings is 2. The number of pyridine rings is 1. The number of nitrogens with one attached hydrogen (secondary N) is 2. The fourth-order valence-electron chi connectivity index (χ4n) is 6.43. The van der Waals surface area contributed by atoms with Crippen LogP contribution < -0.4 is 5.32 Å². The predicted octanol–water partition coefficient (Wildman–Crippen LogP) is 5.69. The van der Waals surface area contributed by atoms with Gasteiger partial charge in [0.2, 0.25) is 0 Å². The van der Waals surface area contributed by atoms with Gasteiger partial charge in [0, 0.05) is 54.3 Å². The minimum absolute atomic E-state index is 0.00215. The molecule has 192 valence electrons. The van der Waals surface area contributed by atoms with Crippen molar-refractivity contribution in [1.29, 1.82) is 10.7 Å². The van der Waals surface area contributed by atoms with Gasteiger partial charge in [-0.2, -0.15) is 5.26 Å². The van der Waals surface area contributed by atoms with Crippen LogP contribution in [0.1, 0.15) is 36.8 Å². The summed E-state index contributed by atoms with van der Waals surface area (Å²) < 4.78 is 17.0. The number of aromatic nitrogens is 3. The first-order valence-electron chi connectivity index (χ1n) is 13.1. The van der Waals surface area contributed by atoms with Crippen LogP contribution in [0.2, 0.25) is 0 Å². The lowest BCUT2D eigenvalue weighted by atomic mass is 9.91. The van der Waals surface area contributed by atoms with Crippen LogP contribution in [0.25, 0.3) is 33.4 Å². The van der Waals surface area contributed by atoms with Gasteiger partial charge in [-0.3, -0.25) is 4.98 Å². The molecule has 2 aliphatic heterocycles. The van der Waals surface area contributed by atoms with Gasteiger partial charge < -0.3 is 20.2 Å². The number of nitrogens with zero attached hydrogens (tertiary/aromatic N) is 5. The maximum Gasteiger partial charge on any atom is 0.141 e. The summed E-state index contributed by atoms with van der Waals surface area (Å²) in [6.45, 7) is 0.883. The second-order valence-corrected chi connectivity index (χ2v) is 10.5. The van der Waals surface area contributed by atoms with Gasteiger partial charge in [-0.25, -0.2) is 9.37 Å². The second-order valence-electron chi connectivity index (χ2n) is 10.5. The van der Waals surface area contributed by atoms with E-state index >= 15 is 0 Å². The third-order valence-electron chi connectivity index (χ3n) is 8.45. The zero-order valence-corrected chi connectivity index (χ0v) is 21.6. The number of imidazole rings is 1. The van der Waals surface area contributed by atoms with E-state index in [1.165, 1.54) is 44.0 Å². The van der Waals surface area contributed by atoms with Crippen LogP contribution in [0.5, 0.6) is 0 Å². The third-order valence-corrected chi connectivity index (χ3v) is 8.45. The predicted molar refractivity (Wildman–Crippen MR) is 148 cm³/mol. The first-order chi connectivity index (χ1) is 18.5. The van der Waals surface area contributed by atoms with E-state index in [1.807, 2.05) is 43.8 Å². The molecule has 0 saturated carbocycles. The van der Waals surface area contributed by atoms with Crippen molar-refractivity contribution in [2.75, 3.05) is 19.4 Å². The Labute approximate surface area is 221 Å². The number of anilines is 1. The van der Waals surface area contributed by atoms with Crippen molar-refractivity contribution in [3.05, 3.63) is 65.9 Å². The van der Waals surface area contributed by atoms with Crippen molar-refractivity contribution in [1.82, 2.24) is 19.4 Å². The molecule has 2 aromatic heterocycles. The largest absolute Gasteiger partial charge is 0.388 e. The Morgan fingerprint density at radius 3 is 2.58 bits per heavy atom. The average Bonchev–Trinajstić information content (AvgIpc) is 3.41. The Morgan fingerprint density at radius 2 is 1.89 bits per heavy atom. The number of hydrogen-bond donors (Lipinski definition) is 2. The molecule has 0 radical (unpaired) electrons. The molecule has 0 aliphatic carbocycles. The van der Waals surface area contributed by atoms with Crippen LogP contribution >= 0.6 is 0 Å². The van der Waals surface area contributed by atoms with Gasteiger partial charge in [0.25, 0.3) is 0 Å². The molecule has 7 nitrogen and oxygen atoms in total. The van der Waals surface area contributed by atoms with Gasteiger partial charge in [0.1, 0.15) is 17.4 Å². The number of rotatable bonds is 6. The highest BCUT2D eigenvalue weighted by atomic mass is 19.1. The molecule has 2 N–H and O–H groups in total. The third kappa shape index (κ3) is 4.04. The summed E-state index contributed by atoms with van der Waals surface area (Å²) in [4.78, 5) is 12.3. The molecule has 38 heavy (non-hydrogen) atoms. The molecular formula is C30H30FN7. The fourth-order valence-corrected chi connectivity index (χ4v) is 6.43. The topological polar surface area (TPSA) is 93.6 Å². The van der Waals surface area contributed by atoms with Gasteiger partial charge in [-0.05, 0) is 68.5 Å². The molecule has 4 aromatic rings. The number of nitriles is 1. The van der Waals surface area contributed by atoms with Crippen molar-refractivity contribution in [3.63, 3.8) is 0 Å². The number of hydrogen-bond acceptors (Lipinski definition) is 6. The Kier molecular flexibility index (Phi) is 6.16. The van der Waals surface area contributed by atoms with Gasteiger partial charge in [-0.15, -0.1) is 0 Å². The number of fused-ring (bicyclic) bond motifs is 3. The van der Waals surface area contributed by atoms with Gasteiger partial charge in [-0.1, -0.05) is 12.1 Å². The summed E-state index contributed by atoms with van der Waals surface area (Å²) in [7, 11) is 4.08. The molecule has 2 bridgehead atoms. The normalized spacial score (nSPS) is 20.9. The standard InChI is InChI=1S/C30H30FN7/c1-34-26-8-5-20(11-22(26)14-33)29-28(19-3-4-21(13-32)25(31)12-19)30-27(15-35-29)38(17-36-30)16-18-9-23-6-7-24(10-18)37(23)2/h3-5,8,11-12,14-15,17-18,23-24,33-34H,6-7,9-10,16H2,1-2H3. The van der Waals surface area contributed by atoms with Crippen molar-refractivity contribution < 1.29 is 4.39 Å². The molecule has 0 amide bonds. The highest BCUT2D eigenvalue weighted by Crippen LogP contribution is 2.40. The van der Waals surface area contributed by atoms with Crippen LogP contribution in [0.3, 0.4) is 0 Å². The smallest absolute Gasteiger partial charge is 0.141 e. The lowest BCUT2D eigenvalue weighted by Gasteiger charge is -2.36. The fraction of sp³-hybridized carbons (Fsp3) is 0.333. The second kappa shape index (κ2) is 9.66. The summed E-state index contributed by atoms with van der Waals surface area (Å²) in [6, 6.07) is 13.7. The first kappa shape index (κ1) is 24.3. The summed E-state index contributed by atoms with van der Waals surface area (Å²) >= 11 is 0. The maximum absolute atomic E-state index is 14.8. The van der Waals surface area contributed by atoms with E-state index in [2.05, 4.69) is 21.8 Å². The Balaban J connectivity index is 1.47. The Hall–Kier alpha value is -4.09. The van der Waals surface area contributed by atoms with E-state index in [9.17, 15) is 9.65 Å². The molecule has 8 heteroatoms. The summed E-state index contributed by atoms with van der Waals surface area (Å²) in [5, 5.41) is 20.2. The molecular weight excluding hydrogens is 477 g/mol. The van der Waals surface area contributed by atoms with Crippen LogP contribution in [0.15, 0.2) is 48.9 Å². The van der Waals surface area contributed by atoms with E-state index in [0.717, 1.165) is 40.0 Å². The maximum atomic E-state index is 14.8. The summed E-state index contributed by atoms with van der Waals surface area (Å²) in [5.74, 6) is 0.0146. The molecule has 6 rings (SSSR count). The Morgan fingerprint density at radius 1 is 1.13 bits per heavy atom. The molecule has 2 aliphatic rings. The summed E-state index contributed by atoms with van der Waals surface area (Å²) in [6.07, 6.45) is 10.00. The van der Waals surface area contributed by atoms with Gasteiger partial charge in [0.15, 0.2) is 0 Å². The number of halogens is 1. The molecule has 2 saturated heterocycles. The van der Waals surface area contributed by atoms with Crippen molar-refractivity contribution >= 4 is 22.9 Å². The van der Waals surface area contributed by atoms with Gasteiger partial charge in [0.05, 0.1) is 29.3 Å². The Bertz CT molecular complexity index is 1570. The van der Waals surface area contributed by atoms with E-state index in [4.69, 9.17) is 15.4 Å². The monoisotopic (exact) mass is 507 g/mol. The first-order valence-corrected chi connectivity index (χ1v) is 13.1. The van der Waals surface area contributed by atoms with Crippen molar-refractivity contribution in [2.24, 2.45) is 5.92 Å². The van der Waals surface area contributed by atoms with Gasteiger partial charge >= 0.3 is 0 Å². The molecule has 2 aromatic carbocycles. The molecule has 0 spiro atoms. The van der Waals surface area contributed by atoms with Crippen LogP contribution in [0, 0.1) is 28.5 Å². The van der Waals surface area contributed by atoms with E-state index in [1.54, 1.807) is 6.07 Å². The SMILES string of the molecule is CNc1ccc(-c2ncc3c(ncn3CC3CC4CCC(C3)N4C)c2-c2ccc(C#N)c(F)c2)cc1C=N.